The van der Waals surface area contributed by atoms with Crippen LogP contribution in [0, 0.1) is 6.92 Å². The fourth-order valence-corrected chi connectivity index (χ4v) is 3.60. The number of hydrogen-bond acceptors (Lipinski definition) is 4. The Labute approximate surface area is 147 Å². The normalized spacial score (nSPS) is 17.8. The molecule has 2 N–H and O–H groups in total. The third-order valence-corrected chi connectivity index (χ3v) is 5.22. The summed E-state index contributed by atoms with van der Waals surface area (Å²) in [6.45, 7) is 10.5. The van der Waals surface area contributed by atoms with Crippen molar-refractivity contribution < 1.29 is 24.2 Å². The van der Waals surface area contributed by atoms with Crippen molar-refractivity contribution in [3.8, 4) is 17.4 Å². The average Bonchev–Trinajstić information content (AvgIpc) is 2.96. The molecule has 5 nitrogen and oxygen atoms in total. The molecule has 0 atom stereocenters. The molecule has 0 radical (unpaired) electrons. The Bertz CT molecular complexity index is 842. The molecule has 2 aromatic rings. The first-order valence-corrected chi connectivity index (χ1v) is 8.41. The molecule has 3 rings (SSSR count). The second-order valence-corrected chi connectivity index (χ2v) is 8.09. The number of ether oxygens (including phenoxy) is 1. The molecule has 134 valence electrons. The number of furan rings is 1. The number of rotatable bonds is 3. The molecule has 1 heterocycles. The van der Waals surface area contributed by atoms with Gasteiger partial charge in [0.25, 0.3) is 5.95 Å². The molecule has 1 aromatic heterocycles. The fourth-order valence-electron chi connectivity index (χ4n) is 3.60. The lowest BCUT2D eigenvalue weighted by Gasteiger charge is -2.42. The van der Waals surface area contributed by atoms with E-state index >= 15 is 0 Å². The number of aryl methyl sites for hydroxylation is 1. The average molecular weight is 344 g/mol. The van der Waals surface area contributed by atoms with Gasteiger partial charge in [0.1, 0.15) is 0 Å². The highest BCUT2D eigenvalue weighted by Gasteiger charge is 2.40. The highest BCUT2D eigenvalue weighted by atomic mass is 16.6. The molecule has 0 unspecified atom stereocenters. The Balaban J connectivity index is 2.11. The molecule has 5 heteroatoms. The lowest BCUT2D eigenvalue weighted by Crippen LogP contribution is -2.34. The van der Waals surface area contributed by atoms with E-state index in [0.29, 0.717) is 5.75 Å². The van der Waals surface area contributed by atoms with Gasteiger partial charge in [-0.2, -0.15) is 0 Å². The van der Waals surface area contributed by atoms with E-state index in [2.05, 4.69) is 33.8 Å². The highest BCUT2D eigenvalue weighted by molar-refractivity contribution is 5.84. The highest BCUT2D eigenvalue weighted by Crippen LogP contribution is 2.53. The van der Waals surface area contributed by atoms with Crippen LogP contribution < -0.4 is 4.74 Å². The SMILES string of the molecule is Cc1cc2c(c(O)c1Oc1ccc(C(=O)O)o1)C(C)(C)CCC2(C)C. The first-order chi connectivity index (χ1) is 11.5. The number of fused-ring (bicyclic) bond motifs is 1. The first kappa shape index (κ1) is 17.4. The van der Waals surface area contributed by atoms with Crippen molar-refractivity contribution in [3.05, 3.63) is 40.6 Å². The minimum absolute atomic E-state index is 0.0210. The van der Waals surface area contributed by atoms with Crippen molar-refractivity contribution in [2.45, 2.75) is 58.3 Å². The number of aromatic hydroxyl groups is 1. The molecule has 1 aliphatic carbocycles. The Kier molecular flexibility index (Phi) is 3.86. The van der Waals surface area contributed by atoms with Crippen LogP contribution in [0.2, 0.25) is 0 Å². The predicted octanol–water partition coefficient (Wildman–Crippen LogP) is 5.13. The van der Waals surface area contributed by atoms with Gasteiger partial charge in [-0.25, -0.2) is 4.79 Å². The van der Waals surface area contributed by atoms with E-state index in [0.717, 1.165) is 29.5 Å². The maximum atomic E-state index is 11.0. The van der Waals surface area contributed by atoms with Gasteiger partial charge >= 0.3 is 5.97 Å². The molecule has 0 bridgehead atoms. The van der Waals surface area contributed by atoms with E-state index in [1.165, 1.54) is 12.1 Å². The second kappa shape index (κ2) is 5.55. The van der Waals surface area contributed by atoms with Gasteiger partial charge in [0.15, 0.2) is 11.5 Å². The van der Waals surface area contributed by atoms with Gasteiger partial charge in [0, 0.05) is 11.6 Å². The number of carboxylic acids is 1. The summed E-state index contributed by atoms with van der Waals surface area (Å²) < 4.78 is 10.9. The van der Waals surface area contributed by atoms with Gasteiger partial charge in [0.2, 0.25) is 5.76 Å². The van der Waals surface area contributed by atoms with Crippen molar-refractivity contribution in [1.82, 2.24) is 0 Å². The van der Waals surface area contributed by atoms with E-state index in [-0.39, 0.29) is 28.3 Å². The summed E-state index contributed by atoms with van der Waals surface area (Å²) >= 11 is 0. The molecule has 0 fully saturated rings. The van der Waals surface area contributed by atoms with Crippen molar-refractivity contribution in [3.63, 3.8) is 0 Å². The quantitative estimate of drug-likeness (QED) is 0.806. The van der Waals surface area contributed by atoms with E-state index in [1.54, 1.807) is 0 Å². The van der Waals surface area contributed by atoms with Crippen LogP contribution in [0.1, 0.15) is 67.8 Å². The van der Waals surface area contributed by atoms with Crippen LogP contribution in [0.5, 0.6) is 17.4 Å². The van der Waals surface area contributed by atoms with Crippen molar-refractivity contribution in [2.75, 3.05) is 0 Å². The van der Waals surface area contributed by atoms with Crippen molar-refractivity contribution in [1.29, 1.82) is 0 Å². The number of phenolic OH excluding ortho intramolecular Hbond substituents is 1. The minimum Gasteiger partial charge on any atom is -0.504 e. The maximum absolute atomic E-state index is 11.0. The van der Waals surface area contributed by atoms with E-state index in [9.17, 15) is 9.90 Å². The van der Waals surface area contributed by atoms with Crippen LogP contribution in [-0.2, 0) is 10.8 Å². The van der Waals surface area contributed by atoms with Crippen LogP contribution in [0.4, 0.5) is 0 Å². The largest absolute Gasteiger partial charge is 0.504 e. The molecule has 0 aliphatic heterocycles. The first-order valence-electron chi connectivity index (χ1n) is 8.41. The van der Waals surface area contributed by atoms with Crippen LogP contribution in [0.15, 0.2) is 22.6 Å². The maximum Gasteiger partial charge on any atom is 0.371 e. The number of benzene rings is 1. The van der Waals surface area contributed by atoms with E-state index in [1.807, 2.05) is 6.92 Å². The van der Waals surface area contributed by atoms with Crippen LogP contribution >= 0.6 is 0 Å². The molecule has 0 saturated carbocycles. The second-order valence-electron chi connectivity index (χ2n) is 8.09. The molecule has 25 heavy (non-hydrogen) atoms. The summed E-state index contributed by atoms with van der Waals surface area (Å²) in [6, 6.07) is 4.83. The molecule has 0 saturated heterocycles. The smallest absolute Gasteiger partial charge is 0.371 e. The predicted molar refractivity (Wildman–Crippen MR) is 93.9 cm³/mol. The number of carbonyl (C=O) groups is 1. The Morgan fingerprint density at radius 1 is 1.16 bits per heavy atom. The van der Waals surface area contributed by atoms with Crippen LogP contribution in [0.3, 0.4) is 0 Å². The number of phenols is 1. The summed E-state index contributed by atoms with van der Waals surface area (Å²) in [5, 5.41) is 19.9. The Hall–Kier alpha value is -2.43. The zero-order valence-corrected chi connectivity index (χ0v) is 15.3. The van der Waals surface area contributed by atoms with Crippen molar-refractivity contribution in [2.24, 2.45) is 0 Å². The van der Waals surface area contributed by atoms with Gasteiger partial charge in [-0.05, 0) is 47.8 Å². The van der Waals surface area contributed by atoms with Gasteiger partial charge in [-0.15, -0.1) is 0 Å². The lowest BCUT2D eigenvalue weighted by atomic mass is 9.62. The van der Waals surface area contributed by atoms with Gasteiger partial charge in [-0.1, -0.05) is 33.8 Å². The summed E-state index contributed by atoms with van der Waals surface area (Å²) in [5.74, 6) is -0.892. The zero-order chi connectivity index (χ0) is 18.6. The summed E-state index contributed by atoms with van der Waals surface area (Å²) in [4.78, 5) is 11.0. The minimum atomic E-state index is -1.16. The summed E-state index contributed by atoms with van der Waals surface area (Å²) in [7, 11) is 0. The standard InChI is InChI=1S/C20H24O5/c1-11-10-12-15(20(4,5)9-8-19(12,2)3)16(21)17(11)25-14-7-6-13(24-14)18(22)23/h6-7,10,21H,8-9H2,1-5H3,(H,22,23). The Morgan fingerprint density at radius 2 is 1.80 bits per heavy atom. The Morgan fingerprint density at radius 3 is 2.40 bits per heavy atom. The van der Waals surface area contributed by atoms with Gasteiger partial charge in [0.05, 0.1) is 0 Å². The van der Waals surface area contributed by atoms with E-state index in [4.69, 9.17) is 14.3 Å². The zero-order valence-electron chi connectivity index (χ0n) is 15.3. The number of hydrogen-bond donors (Lipinski definition) is 2. The summed E-state index contributed by atoms with van der Waals surface area (Å²) in [5.41, 5.74) is 2.63. The van der Waals surface area contributed by atoms with E-state index < -0.39 is 5.97 Å². The lowest BCUT2D eigenvalue weighted by molar-refractivity contribution is 0.0657. The molecule has 1 aliphatic rings. The van der Waals surface area contributed by atoms with Crippen LogP contribution in [-0.4, -0.2) is 16.2 Å². The number of carboxylic acid groups (broad SMARTS) is 1. The summed E-state index contributed by atoms with van der Waals surface area (Å²) in [6.07, 6.45) is 2.01. The third-order valence-electron chi connectivity index (χ3n) is 5.22. The molecule has 0 amide bonds. The monoisotopic (exact) mass is 344 g/mol. The molecule has 0 spiro atoms. The topological polar surface area (TPSA) is 79.9 Å². The molecular formula is C20H24O5. The van der Waals surface area contributed by atoms with Gasteiger partial charge in [-0.3, -0.25) is 0 Å². The van der Waals surface area contributed by atoms with Gasteiger partial charge < -0.3 is 19.4 Å². The van der Waals surface area contributed by atoms with Crippen LogP contribution in [0.25, 0.3) is 0 Å². The number of aromatic carboxylic acids is 1. The molecular weight excluding hydrogens is 320 g/mol. The fraction of sp³-hybridized carbons (Fsp3) is 0.450. The van der Waals surface area contributed by atoms with Crippen molar-refractivity contribution >= 4 is 5.97 Å². The third kappa shape index (κ3) is 2.88. The molecule has 1 aromatic carbocycles.